The van der Waals surface area contributed by atoms with Crippen molar-refractivity contribution in [3.8, 4) is 0 Å². The van der Waals surface area contributed by atoms with Gasteiger partial charge in [-0.25, -0.2) is 18.0 Å². The van der Waals surface area contributed by atoms with Gasteiger partial charge in [0.2, 0.25) is 0 Å². The standard InChI is InChI=1S/C27H16O6S/c28-25-13-18(21-11-9-17-6-2-4-8-20(17)26(21)33-25)15-34(30,31)24-14-22-19-7-3-1-5-16(19)10-12-23(22)32-27(24)29/h1-14H,15H2. The first kappa shape index (κ1) is 20.4. The molecule has 6 nitrogen and oxygen atoms in total. The van der Waals surface area contributed by atoms with E-state index < -0.39 is 31.7 Å². The van der Waals surface area contributed by atoms with Gasteiger partial charge < -0.3 is 8.83 Å². The molecule has 166 valence electrons. The van der Waals surface area contributed by atoms with Crippen LogP contribution in [-0.2, 0) is 15.6 Å². The third-order valence-corrected chi connectivity index (χ3v) is 7.66. The molecule has 0 N–H and O–H groups in total. The fraction of sp³-hybridized carbons (Fsp3) is 0.0370. The normalized spacial score (nSPS) is 12.1. The van der Waals surface area contributed by atoms with E-state index in [4.69, 9.17) is 8.83 Å². The Bertz CT molecular complexity index is 2000. The van der Waals surface area contributed by atoms with Crippen molar-refractivity contribution >= 4 is 53.3 Å². The fourth-order valence-electron chi connectivity index (χ4n) is 4.43. The Balaban J connectivity index is 1.56. The highest BCUT2D eigenvalue weighted by Crippen LogP contribution is 2.30. The lowest BCUT2D eigenvalue weighted by Gasteiger charge is -2.09. The maximum atomic E-state index is 13.4. The van der Waals surface area contributed by atoms with Crippen LogP contribution in [-0.4, -0.2) is 8.42 Å². The molecule has 0 radical (unpaired) electrons. The molecule has 6 rings (SSSR count). The van der Waals surface area contributed by atoms with Crippen molar-refractivity contribution in [2.45, 2.75) is 10.6 Å². The van der Waals surface area contributed by atoms with Crippen LogP contribution in [0.25, 0.3) is 43.5 Å². The number of sulfone groups is 1. The molecular weight excluding hydrogens is 452 g/mol. The number of rotatable bonds is 3. The molecule has 7 heteroatoms. The van der Waals surface area contributed by atoms with E-state index in [1.54, 1.807) is 12.1 Å². The second-order valence-electron chi connectivity index (χ2n) is 8.11. The summed E-state index contributed by atoms with van der Waals surface area (Å²) in [7, 11) is -4.15. The zero-order valence-corrected chi connectivity index (χ0v) is 18.5. The van der Waals surface area contributed by atoms with Gasteiger partial charge in [0.15, 0.2) is 14.7 Å². The molecule has 0 aliphatic rings. The zero-order chi connectivity index (χ0) is 23.4. The second-order valence-corrected chi connectivity index (χ2v) is 10.1. The third-order valence-electron chi connectivity index (χ3n) is 6.01. The van der Waals surface area contributed by atoms with Crippen molar-refractivity contribution in [1.82, 2.24) is 0 Å². The number of hydrogen-bond acceptors (Lipinski definition) is 6. The molecule has 0 atom stereocenters. The van der Waals surface area contributed by atoms with Crippen LogP contribution in [0.4, 0.5) is 0 Å². The number of fused-ring (bicyclic) bond motifs is 6. The second kappa shape index (κ2) is 7.40. The predicted molar refractivity (Wildman–Crippen MR) is 131 cm³/mol. The van der Waals surface area contributed by atoms with E-state index in [0.29, 0.717) is 27.3 Å². The van der Waals surface area contributed by atoms with Crippen molar-refractivity contribution in [2.75, 3.05) is 0 Å². The highest BCUT2D eigenvalue weighted by atomic mass is 32.2. The van der Waals surface area contributed by atoms with Crippen molar-refractivity contribution in [3.05, 3.63) is 111 Å². The lowest BCUT2D eigenvalue weighted by atomic mass is 10.0. The quantitative estimate of drug-likeness (QED) is 0.262. The fourth-order valence-corrected chi connectivity index (χ4v) is 5.82. The van der Waals surface area contributed by atoms with Gasteiger partial charge in [-0.2, -0.15) is 0 Å². The van der Waals surface area contributed by atoms with Crippen molar-refractivity contribution < 1.29 is 17.3 Å². The van der Waals surface area contributed by atoms with Gasteiger partial charge in [0.25, 0.3) is 0 Å². The molecule has 34 heavy (non-hydrogen) atoms. The van der Waals surface area contributed by atoms with Crippen LogP contribution in [0.1, 0.15) is 5.56 Å². The third kappa shape index (κ3) is 3.21. The van der Waals surface area contributed by atoms with Crippen molar-refractivity contribution in [2.24, 2.45) is 0 Å². The van der Waals surface area contributed by atoms with Crippen LogP contribution in [0.15, 0.2) is 108 Å². The topological polar surface area (TPSA) is 94.6 Å². The maximum Gasteiger partial charge on any atom is 0.355 e. The molecule has 0 bridgehead atoms. The summed E-state index contributed by atoms with van der Waals surface area (Å²) in [6.45, 7) is 0. The van der Waals surface area contributed by atoms with Crippen LogP contribution in [0.3, 0.4) is 0 Å². The summed E-state index contributed by atoms with van der Waals surface area (Å²) in [4.78, 5) is 24.6. The Morgan fingerprint density at radius 1 is 0.647 bits per heavy atom. The Hall–Kier alpha value is -4.23. The van der Waals surface area contributed by atoms with Gasteiger partial charge in [0.1, 0.15) is 11.2 Å². The SMILES string of the molecule is O=c1cc(CS(=O)(=O)c2cc3c(ccc4ccccc43)oc2=O)c2ccc3ccccc3c2o1. The van der Waals surface area contributed by atoms with E-state index >= 15 is 0 Å². The molecule has 6 aromatic rings. The Kier molecular flexibility index (Phi) is 4.43. The van der Waals surface area contributed by atoms with E-state index in [1.807, 2.05) is 60.7 Å². The van der Waals surface area contributed by atoms with Crippen LogP contribution < -0.4 is 11.3 Å². The lowest BCUT2D eigenvalue weighted by molar-refractivity contribution is 0.532. The summed E-state index contributed by atoms with van der Waals surface area (Å²) in [5.74, 6) is -0.547. The zero-order valence-electron chi connectivity index (χ0n) is 17.6. The molecule has 0 unspecified atom stereocenters. The van der Waals surface area contributed by atoms with Crippen LogP contribution in [0.2, 0.25) is 0 Å². The summed E-state index contributed by atoms with van der Waals surface area (Å²) in [6.07, 6.45) is 0. The predicted octanol–water partition coefficient (Wildman–Crippen LogP) is 5.18. The molecule has 2 heterocycles. The first-order valence-electron chi connectivity index (χ1n) is 10.5. The van der Waals surface area contributed by atoms with Crippen molar-refractivity contribution in [3.63, 3.8) is 0 Å². The monoisotopic (exact) mass is 468 g/mol. The number of benzene rings is 4. The molecular formula is C27H16O6S. The summed E-state index contributed by atoms with van der Waals surface area (Å²) in [6, 6.07) is 24.4. The minimum absolute atomic E-state index is 0.259. The minimum Gasteiger partial charge on any atom is -0.422 e. The summed E-state index contributed by atoms with van der Waals surface area (Å²) >= 11 is 0. The summed E-state index contributed by atoms with van der Waals surface area (Å²) in [5, 5.41) is 4.26. The van der Waals surface area contributed by atoms with Gasteiger partial charge in [0.05, 0.1) is 5.75 Å². The highest BCUT2D eigenvalue weighted by Gasteiger charge is 2.24. The van der Waals surface area contributed by atoms with E-state index in [-0.39, 0.29) is 5.56 Å². The molecule has 0 aliphatic carbocycles. The Labute approximate surface area is 192 Å². The Morgan fingerprint density at radius 3 is 2.12 bits per heavy atom. The molecule has 2 aromatic heterocycles. The lowest BCUT2D eigenvalue weighted by Crippen LogP contribution is -2.16. The molecule has 4 aromatic carbocycles. The first-order chi connectivity index (χ1) is 16.4. The van der Waals surface area contributed by atoms with E-state index in [9.17, 15) is 18.0 Å². The number of hydrogen-bond donors (Lipinski definition) is 0. The van der Waals surface area contributed by atoms with Crippen LogP contribution in [0, 0.1) is 0 Å². The maximum absolute atomic E-state index is 13.4. The summed E-state index contributed by atoms with van der Waals surface area (Å²) in [5.41, 5.74) is -0.729. The Morgan fingerprint density at radius 2 is 1.32 bits per heavy atom. The smallest absolute Gasteiger partial charge is 0.355 e. The first-order valence-corrected chi connectivity index (χ1v) is 12.2. The van der Waals surface area contributed by atoms with Gasteiger partial charge in [-0.1, -0.05) is 66.7 Å². The molecule has 0 fully saturated rings. The van der Waals surface area contributed by atoms with Crippen molar-refractivity contribution in [1.29, 1.82) is 0 Å². The van der Waals surface area contributed by atoms with Gasteiger partial charge in [0, 0.05) is 22.2 Å². The van der Waals surface area contributed by atoms with E-state index in [0.717, 1.165) is 22.2 Å². The van der Waals surface area contributed by atoms with Crippen LogP contribution in [0.5, 0.6) is 0 Å². The molecule has 0 aliphatic heterocycles. The highest BCUT2D eigenvalue weighted by molar-refractivity contribution is 7.90. The molecule has 0 spiro atoms. The van der Waals surface area contributed by atoms with Gasteiger partial charge in [-0.05, 0) is 33.9 Å². The van der Waals surface area contributed by atoms with E-state index in [2.05, 4.69) is 0 Å². The van der Waals surface area contributed by atoms with Gasteiger partial charge in [-0.3, -0.25) is 0 Å². The van der Waals surface area contributed by atoms with Gasteiger partial charge in [-0.15, -0.1) is 0 Å². The van der Waals surface area contributed by atoms with Gasteiger partial charge >= 0.3 is 11.3 Å². The summed E-state index contributed by atoms with van der Waals surface area (Å²) < 4.78 is 37.7. The average Bonchev–Trinajstić information content (AvgIpc) is 2.83. The van der Waals surface area contributed by atoms with Crippen LogP contribution >= 0.6 is 0 Å². The average molecular weight is 468 g/mol. The van der Waals surface area contributed by atoms with E-state index in [1.165, 1.54) is 6.07 Å². The largest absolute Gasteiger partial charge is 0.422 e. The molecule has 0 amide bonds. The molecule has 0 saturated heterocycles. The molecule has 0 saturated carbocycles. The minimum atomic E-state index is -4.15.